The van der Waals surface area contributed by atoms with Crippen LogP contribution in [-0.2, 0) is 6.18 Å². The fourth-order valence-electron chi connectivity index (χ4n) is 4.60. The molecule has 1 aliphatic carbocycles. The maximum atomic E-state index is 14.7. The number of rotatable bonds is 4. The minimum Gasteiger partial charge on any atom is -0.206 e. The highest BCUT2D eigenvalue weighted by Crippen LogP contribution is 2.37. The van der Waals surface area contributed by atoms with Crippen molar-refractivity contribution in [3.05, 3.63) is 100 Å². The number of alkyl halides is 3. The monoisotopic (exact) mass is 474 g/mol. The molecule has 0 aliphatic heterocycles. The van der Waals surface area contributed by atoms with Crippen molar-refractivity contribution in [2.45, 2.75) is 44.7 Å². The third kappa shape index (κ3) is 5.37. The standard InChI is InChI=1S/C28H24F6/c1-17-2-8-20(9-3-17)21-10-6-18(7-11-21)4-5-19-14-25(30)27(26(31)15-19)22-12-13-23(24(29)16-22)28(32,33)34/h2-5,8-9,12-16,18,21H,6-7,10-11H2,1H3/b5-4+. The van der Waals surface area contributed by atoms with Crippen molar-refractivity contribution < 1.29 is 26.3 Å². The lowest BCUT2D eigenvalue weighted by molar-refractivity contribution is -0.139. The lowest BCUT2D eigenvalue weighted by atomic mass is 9.78. The van der Waals surface area contributed by atoms with E-state index in [4.69, 9.17) is 0 Å². The van der Waals surface area contributed by atoms with Crippen LogP contribution in [0, 0.1) is 30.3 Å². The predicted molar refractivity (Wildman–Crippen MR) is 122 cm³/mol. The summed E-state index contributed by atoms with van der Waals surface area (Å²) in [6, 6.07) is 12.7. The molecule has 0 N–H and O–H groups in total. The van der Waals surface area contributed by atoms with E-state index in [9.17, 15) is 26.3 Å². The van der Waals surface area contributed by atoms with E-state index in [1.165, 1.54) is 11.1 Å². The molecule has 0 unspecified atom stereocenters. The Morgan fingerprint density at radius 1 is 0.765 bits per heavy atom. The van der Waals surface area contributed by atoms with Gasteiger partial charge in [0.1, 0.15) is 17.5 Å². The van der Waals surface area contributed by atoms with Crippen molar-refractivity contribution in [2.24, 2.45) is 5.92 Å². The van der Waals surface area contributed by atoms with E-state index in [0.717, 1.165) is 43.9 Å². The Morgan fingerprint density at radius 2 is 1.38 bits per heavy atom. The molecule has 1 aliphatic rings. The van der Waals surface area contributed by atoms with Crippen LogP contribution in [0.15, 0.2) is 60.7 Å². The van der Waals surface area contributed by atoms with Gasteiger partial charge in [-0.25, -0.2) is 13.2 Å². The summed E-state index contributed by atoms with van der Waals surface area (Å²) in [4.78, 5) is 0. The number of aryl methyl sites for hydroxylation is 1. The third-order valence-electron chi connectivity index (χ3n) is 6.51. The highest BCUT2D eigenvalue weighted by Gasteiger charge is 2.34. The van der Waals surface area contributed by atoms with Gasteiger partial charge in [0.2, 0.25) is 0 Å². The maximum absolute atomic E-state index is 14.7. The fraction of sp³-hybridized carbons (Fsp3) is 0.286. The zero-order valence-electron chi connectivity index (χ0n) is 18.6. The van der Waals surface area contributed by atoms with Gasteiger partial charge < -0.3 is 0 Å². The molecule has 0 bridgehead atoms. The van der Waals surface area contributed by atoms with Gasteiger partial charge in [0.05, 0.1) is 11.1 Å². The SMILES string of the molecule is Cc1ccc(C2CCC(/C=C/c3cc(F)c(-c4ccc(C(F)(F)F)c(F)c4)c(F)c3)CC2)cc1. The summed E-state index contributed by atoms with van der Waals surface area (Å²) in [5.74, 6) is -2.67. The zero-order valence-corrected chi connectivity index (χ0v) is 18.6. The molecule has 0 atom stereocenters. The van der Waals surface area contributed by atoms with Gasteiger partial charge >= 0.3 is 6.18 Å². The molecule has 0 amide bonds. The third-order valence-corrected chi connectivity index (χ3v) is 6.51. The number of halogens is 6. The topological polar surface area (TPSA) is 0 Å². The molecule has 3 aromatic carbocycles. The van der Waals surface area contributed by atoms with Gasteiger partial charge in [-0.1, -0.05) is 48.0 Å². The number of hydrogen-bond acceptors (Lipinski definition) is 0. The highest BCUT2D eigenvalue weighted by atomic mass is 19.4. The summed E-state index contributed by atoms with van der Waals surface area (Å²) >= 11 is 0. The Morgan fingerprint density at radius 3 is 1.94 bits per heavy atom. The largest absolute Gasteiger partial charge is 0.419 e. The second-order valence-corrected chi connectivity index (χ2v) is 8.93. The minimum atomic E-state index is -4.88. The molecule has 1 saturated carbocycles. The molecule has 34 heavy (non-hydrogen) atoms. The van der Waals surface area contributed by atoms with Crippen LogP contribution in [0.25, 0.3) is 17.2 Å². The van der Waals surface area contributed by atoms with Crippen molar-refractivity contribution in [3.8, 4) is 11.1 Å². The highest BCUT2D eigenvalue weighted by molar-refractivity contribution is 5.68. The zero-order chi connectivity index (χ0) is 24.5. The molecular weight excluding hydrogens is 450 g/mol. The molecule has 0 nitrogen and oxygen atoms in total. The Balaban J connectivity index is 1.45. The Kier molecular flexibility index (Phi) is 6.87. The molecule has 0 spiro atoms. The first kappa shape index (κ1) is 24.1. The van der Waals surface area contributed by atoms with Gasteiger partial charge in [0, 0.05) is 0 Å². The first-order chi connectivity index (χ1) is 16.1. The number of benzene rings is 3. The van der Waals surface area contributed by atoms with Crippen molar-refractivity contribution in [2.75, 3.05) is 0 Å². The lowest BCUT2D eigenvalue weighted by Crippen LogP contribution is -2.11. The fourth-order valence-corrected chi connectivity index (χ4v) is 4.60. The summed E-state index contributed by atoms with van der Waals surface area (Å²) in [5, 5.41) is 0. The minimum absolute atomic E-state index is 0.287. The Hall–Kier alpha value is -3.02. The quantitative estimate of drug-likeness (QED) is 0.331. The first-order valence-corrected chi connectivity index (χ1v) is 11.2. The van der Waals surface area contributed by atoms with Crippen LogP contribution in [0.3, 0.4) is 0 Å². The molecule has 3 aromatic rings. The molecule has 0 aromatic heterocycles. The summed E-state index contributed by atoms with van der Waals surface area (Å²) in [6.45, 7) is 2.06. The average Bonchev–Trinajstić information content (AvgIpc) is 2.77. The van der Waals surface area contributed by atoms with Crippen molar-refractivity contribution in [3.63, 3.8) is 0 Å². The number of hydrogen-bond donors (Lipinski definition) is 0. The van der Waals surface area contributed by atoms with Crippen molar-refractivity contribution >= 4 is 6.08 Å². The maximum Gasteiger partial charge on any atom is 0.419 e. The molecule has 0 heterocycles. The van der Waals surface area contributed by atoms with Crippen LogP contribution < -0.4 is 0 Å². The lowest BCUT2D eigenvalue weighted by Gasteiger charge is -2.27. The Bertz CT molecular complexity index is 1160. The van der Waals surface area contributed by atoms with E-state index in [1.807, 2.05) is 6.08 Å². The van der Waals surface area contributed by atoms with Crippen LogP contribution in [-0.4, -0.2) is 0 Å². The molecule has 0 saturated heterocycles. The van der Waals surface area contributed by atoms with Gasteiger partial charge in [-0.05, 0) is 85.4 Å². The summed E-state index contributed by atoms with van der Waals surface area (Å²) in [6.07, 6.45) is 2.77. The summed E-state index contributed by atoms with van der Waals surface area (Å²) < 4.78 is 81.5. The molecule has 0 radical (unpaired) electrons. The van der Waals surface area contributed by atoms with Gasteiger partial charge in [-0.2, -0.15) is 13.2 Å². The normalized spacial score (nSPS) is 19.0. The molecule has 178 valence electrons. The molecule has 6 heteroatoms. The van der Waals surface area contributed by atoms with Gasteiger partial charge in [0.25, 0.3) is 0 Å². The van der Waals surface area contributed by atoms with E-state index in [-0.39, 0.29) is 5.56 Å². The van der Waals surface area contributed by atoms with Crippen LogP contribution in [0.1, 0.15) is 53.9 Å². The summed E-state index contributed by atoms with van der Waals surface area (Å²) in [7, 11) is 0. The van der Waals surface area contributed by atoms with Crippen LogP contribution in [0.5, 0.6) is 0 Å². The molecule has 1 fully saturated rings. The van der Waals surface area contributed by atoms with E-state index >= 15 is 0 Å². The first-order valence-electron chi connectivity index (χ1n) is 11.2. The Labute approximate surface area is 194 Å². The van der Waals surface area contributed by atoms with Gasteiger partial charge in [-0.3, -0.25) is 0 Å². The van der Waals surface area contributed by atoms with E-state index < -0.39 is 34.8 Å². The molecule has 4 rings (SSSR count). The van der Waals surface area contributed by atoms with E-state index in [0.29, 0.717) is 29.5 Å². The second kappa shape index (κ2) is 9.69. The molecular formula is C28H24F6. The smallest absolute Gasteiger partial charge is 0.206 e. The van der Waals surface area contributed by atoms with Crippen LogP contribution in [0.2, 0.25) is 0 Å². The number of allylic oxidation sites excluding steroid dienone is 1. The van der Waals surface area contributed by atoms with Crippen molar-refractivity contribution in [1.29, 1.82) is 0 Å². The van der Waals surface area contributed by atoms with Gasteiger partial charge in [-0.15, -0.1) is 0 Å². The van der Waals surface area contributed by atoms with Gasteiger partial charge in [0.15, 0.2) is 0 Å². The van der Waals surface area contributed by atoms with E-state index in [1.54, 1.807) is 6.08 Å². The van der Waals surface area contributed by atoms with E-state index in [2.05, 4.69) is 31.2 Å². The van der Waals surface area contributed by atoms with Crippen LogP contribution in [0.4, 0.5) is 26.3 Å². The van der Waals surface area contributed by atoms with Crippen molar-refractivity contribution in [1.82, 2.24) is 0 Å². The second-order valence-electron chi connectivity index (χ2n) is 8.93. The predicted octanol–water partition coefficient (Wildman–Crippen LogP) is 9.09. The average molecular weight is 474 g/mol. The van der Waals surface area contributed by atoms with Crippen LogP contribution >= 0.6 is 0 Å². The summed E-state index contributed by atoms with van der Waals surface area (Å²) in [5.41, 5.74) is 0.566.